The van der Waals surface area contributed by atoms with Gasteiger partial charge in [0, 0.05) is 35.1 Å². The summed E-state index contributed by atoms with van der Waals surface area (Å²) in [6.45, 7) is 7.46. The fourth-order valence-electron chi connectivity index (χ4n) is 3.87. The molecule has 3 rings (SSSR count). The first kappa shape index (κ1) is 23.3. The Morgan fingerprint density at radius 1 is 1.09 bits per heavy atom. The molecule has 1 unspecified atom stereocenters. The molecule has 0 aliphatic rings. The largest absolute Gasteiger partial charge is 0.466 e. The number of hydrogen-bond donors (Lipinski definition) is 0. The summed E-state index contributed by atoms with van der Waals surface area (Å²) < 4.78 is 26.1. The van der Waals surface area contributed by atoms with Gasteiger partial charge in [-0.25, -0.2) is 4.39 Å². The third-order valence-electron chi connectivity index (χ3n) is 5.06. The highest BCUT2D eigenvalue weighted by Crippen LogP contribution is 2.38. The van der Waals surface area contributed by atoms with Crippen LogP contribution in [0.2, 0.25) is 0 Å². The molecule has 0 bridgehead atoms. The van der Waals surface area contributed by atoms with Crippen molar-refractivity contribution in [3.05, 3.63) is 66.1 Å². The molecule has 3 aromatic rings. The van der Waals surface area contributed by atoms with Crippen LogP contribution in [0.3, 0.4) is 0 Å². The van der Waals surface area contributed by atoms with Gasteiger partial charge in [-0.3, -0.25) is 9.59 Å². The summed E-state index contributed by atoms with van der Waals surface area (Å²) in [6.07, 6.45) is 2.74. The van der Waals surface area contributed by atoms with E-state index in [0.29, 0.717) is 0 Å². The molecule has 0 spiro atoms. The topological polar surface area (TPSA) is 57.5 Å². The molecule has 0 amide bonds. The van der Waals surface area contributed by atoms with Crippen LogP contribution in [0.1, 0.15) is 45.9 Å². The first-order valence-electron chi connectivity index (χ1n) is 10.7. The molecule has 0 saturated heterocycles. The number of aromatic nitrogens is 1. The second-order valence-corrected chi connectivity index (χ2v) is 7.76. The van der Waals surface area contributed by atoms with E-state index in [2.05, 4.69) is 18.4 Å². The second-order valence-electron chi connectivity index (χ2n) is 7.76. The Kier molecular flexibility index (Phi) is 7.46. The Labute approximate surface area is 187 Å². The molecule has 1 aromatic heterocycles. The molecule has 0 N–H and O–H groups in total. The lowest BCUT2D eigenvalue weighted by molar-refractivity contribution is -0.150. The number of fused-ring (bicyclic) bond motifs is 1. The molecule has 168 valence electrons. The quantitative estimate of drug-likeness (QED) is 0.410. The Bertz CT molecular complexity index is 1130. The molecule has 0 aliphatic carbocycles. The van der Waals surface area contributed by atoms with E-state index >= 15 is 0 Å². The molecule has 32 heavy (non-hydrogen) atoms. The van der Waals surface area contributed by atoms with Crippen LogP contribution in [0.4, 0.5) is 4.39 Å². The van der Waals surface area contributed by atoms with Crippen molar-refractivity contribution >= 4 is 28.9 Å². The molecule has 0 saturated carbocycles. The van der Waals surface area contributed by atoms with E-state index in [1.807, 2.05) is 30.3 Å². The van der Waals surface area contributed by atoms with Crippen molar-refractivity contribution in [1.29, 1.82) is 0 Å². The fraction of sp³-hybridized carbons (Fsp3) is 0.308. The van der Waals surface area contributed by atoms with Gasteiger partial charge in [-0.15, -0.1) is 0 Å². The van der Waals surface area contributed by atoms with Crippen LogP contribution in [-0.4, -0.2) is 29.2 Å². The Balaban J connectivity index is 2.15. The number of esters is 2. The number of nitrogens with zero attached hydrogens (tertiary/aromatic N) is 1. The minimum atomic E-state index is -0.758. The summed E-state index contributed by atoms with van der Waals surface area (Å²) >= 11 is 0. The van der Waals surface area contributed by atoms with Gasteiger partial charge in [-0.2, -0.15) is 0 Å². The van der Waals surface area contributed by atoms with Gasteiger partial charge in [0.2, 0.25) is 0 Å². The third kappa shape index (κ3) is 5.25. The predicted molar refractivity (Wildman–Crippen MR) is 124 cm³/mol. The average molecular weight is 438 g/mol. The van der Waals surface area contributed by atoms with Crippen molar-refractivity contribution in [2.75, 3.05) is 6.61 Å². The van der Waals surface area contributed by atoms with Crippen LogP contribution in [-0.2, 0) is 19.1 Å². The van der Waals surface area contributed by atoms with Crippen molar-refractivity contribution in [3.8, 4) is 11.1 Å². The number of benzene rings is 2. The molecular formula is C26H28FNO4. The van der Waals surface area contributed by atoms with Crippen LogP contribution < -0.4 is 0 Å². The fourth-order valence-corrected chi connectivity index (χ4v) is 3.87. The van der Waals surface area contributed by atoms with Gasteiger partial charge in [-0.1, -0.05) is 30.3 Å². The SMILES string of the molecule is CCOC(=O)CC(/C=C/c1c(-c2ccc(F)cc2)c2ccccc2n1C(C)C)OC(C)=O. The smallest absolute Gasteiger partial charge is 0.309 e. The first-order valence-corrected chi connectivity index (χ1v) is 10.7. The lowest BCUT2D eigenvalue weighted by Crippen LogP contribution is -2.19. The van der Waals surface area contributed by atoms with Gasteiger partial charge in [-0.05, 0) is 56.7 Å². The van der Waals surface area contributed by atoms with Crippen molar-refractivity contribution in [2.24, 2.45) is 0 Å². The molecular weight excluding hydrogens is 409 g/mol. The Hall–Kier alpha value is -3.41. The standard InChI is InChI=1S/C26H28FNO4/c1-5-31-25(30)16-21(32-18(4)29)14-15-24-26(19-10-12-20(27)13-11-19)22-8-6-7-9-23(22)28(24)17(2)3/h6-15,17,21H,5,16H2,1-4H3/b15-14+. The Morgan fingerprint density at radius 3 is 2.41 bits per heavy atom. The zero-order valence-corrected chi connectivity index (χ0v) is 18.8. The molecule has 2 aromatic carbocycles. The maximum absolute atomic E-state index is 13.6. The van der Waals surface area contributed by atoms with Crippen molar-refractivity contribution < 1.29 is 23.5 Å². The van der Waals surface area contributed by atoms with E-state index in [1.54, 1.807) is 25.1 Å². The molecule has 1 heterocycles. The van der Waals surface area contributed by atoms with Crippen molar-refractivity contribution in [1.82, 2.24) is 4.57 Å². The van der Waals surface area contributed by atoms with Crippen molar-refractivity contribution in [3.63, 3.8) is 0 Å². The van der Waals surface area contributed by atoms with Gasteiger partial charge in [0.15, 0.2) is 0 Å². The lowest BCUT2D eigenvalue weighted by atomic mass is 10.0. The Morgan fingerprint density at radius 2 is 1.78 bits per heavy atom. The molecule has 0 fully saturated rings. The maximum Gasteiger partial charge on any atom is 0.309 e. The van der Waals surface area contributed by atoms with Crippen LogP contribution in [0.15, 0.2) is 54.6 Å². The first-order chi connectivity index (χ1) is 15.3. The van der Waals surface area contributed by atoms with Gasteiger partial charge >= 0.3 is 11.9 Å². The van der Waals surface area contributed by atoms with Gasteiger partial charge < -0.3 is 14.0 Å². The van der Waals surface area contributed by atoms with E-state index in [-0.39, 0.29) is 24.9 Å². The number of para-hydroxylation sites is 1. The van der Waals surface area contributed by atoms with Gasteiger partial charge in [0.25, 0.3) is 0 Å². The minimum Gasteiger partial charge on any atom is -0.466 e. The monoisotopic (exact) mass is 437 g/mol. The van der Waals surface area contributed by atoms with Crippen LogP contribution in [0.5, 0.6) is 0 Å². The van der Waals surface area contributed by atoms with E-state index < -0.39 is 18.0 Å². The number of carbonyl (C=O) groups excluding carboxylic acids is 2. The van der Waals surface area contributed by atoms with Crippen molar-refractivity contribution in [2.45, 2.75) is 46.3 Å². The number of hydrogen-bond acceptors (Lipinski definition) is 4. The summed E-state index contributed by atoms with van der Waals surface area (Å²) in [4.78, 5) is 23.6. The van der Waals surface area contributed by atoms with Gasteiger partial charge in [0.1, 0.15) is 11.9 Å². The van der Waals surface area contributed by atoms with Crippen LogP contribution in [0.25, 0.3) is 28.1 Å². The maximum atomic E-state index is 13.6. The zero-order valence-electron chi connectivity index (χ0n) is 18.8. The number of ether oxygens (including phenoxy) is 2. The third-order valence-corrected chi connectivity index (χ3v) is 5.06. The predicted octanol–water partition coefficient (Wildman–Crippen LogP) is 5.93. The molecule has 0 aliphatic heterocycles. The summed E-state index contributed by atoms with van der Waals surface area (Å²) in [5.74, 6) is -1.22. The number of carbonyl (C=O) groups is 2. The van der Waals surface area contributed by atoms with E-state index in [0.717, 1.165) is 27.7 Å². The molecule has 1 atom stereocenters. The highest BCUT2D eigenvalue weighted by molar-refractivity contribution is 6.01. The lowest BCUT2D eigenvalue weighted by Gasteiger charge is -2.15. The zero-order chi connectivity index (χ0) is 23.3. The molecule has 6 heteroatoms. The second kappa shape index (κ2) is 10.3. The van der Waals surface area contributed by atoms with Crippen LogP contribution >= 0.6 is 0 Å². The van der Waals surface area contributed by atoms with E-state index in [4.69, 9.17) is 9.47 Å². The highest BCUT2D eigenvalue weighted by Gasteiger charge is 2.20. The van der Waals surface area contributed by atoms with Crippen LogP contribution in [0, 0.1) is 5.82 Å². The normalized spacial score (nSPS) is 12.4. The summed E-state index contributed by atoms with van der Waals surface area (Å²) in [6, 6.07) is 14.5. The molecule has 5 nitrogen and oxygen atoms in total. The summed E-state index contributed by atoms with van der Waals surface area (Å²) in [5.41, 5.74) is 3.74. The van der Waals surface area contributed by atoms with Gasteiger partial charge in [0.05, 0.1) is 13.0 Å². The summed E-state index contributed by atoms with van der Waals surface area (Å²) in [5, 5.41) is 1.03. The average Bonchev–Trinajstić information content (AvgIpc) is 3.06. The molecule has 0 radical (unpaired) electrons. The summed E-state index contributed by atoms with van der Waals surface area (Å²) in [7, 11) is 0. The van der Waals surface area contributed by atoms with E-state index in [9.17, 15) is 14.0 Å². The number of halogens is 1. The van der Waals surface area contributed by atoms with E-state index in [1.165, 1.54) is 19.1 Å². The minimum absolute atomic E-state index is 0.0717. The number of rotatable bonds is 8. The highest BCUT2D eigenvalue weighted by atomic mass is 19.1.